The van der Waals surface area contributed by atoms with Gasteiger partial charge in [0.25, 0.3) is 5.91 Å². The van der Waals surface area contributed by atoms with Crippen molar-refractivity contribution in [2.24, 2.45) is 0 Å². The summed E-state index contributed by atoms with van der Waals surface area (Å²) in [4.78, 5) is 24.6. The Morgan fingerprint density at radius 3 is 2.51 bits per heavy atom. The Morgan fingerprint density at radius 1 is 1.11 bits per heavy atom. The lowest BCUT2D eigenvalue weighted by molar-refractivity contribution is -0.138. The van der Waals surface area contributed by atoms with Crippen LogP contribution in [0.3, 0.4) is 0 Å². The lowest BCUT2D eigenvalue weighted by atomic mass is 9.95. The molecule has 0 saturated heterocycles. The predicted molar refractivity (Wildman–Crippen MR) is 125 cm³/mol. The molecule has 0 spiro atoms. The first kappa shape index (κ1) is 25.8. The highest BCUT2D eigenvalue weighted by atomic mass is 32.1. The topological polar surface area (TPSA) is 97.9 Å². The van der Waals surface area contributed by atoms with E-state index in [2.05, 4.69) is 16.0 Å². The molecule has 2 aromatic carbocycles. The van der Waals surface area contributed by atoms with E-state index >= 15 is 0 Å². The first-order valence-corrected chi connectivity index (χ1v) is 10.6. The van der Waals surface area contributed by atoms with Crippen molar-refractivity contribution in [2.75, 3.05) is 26.1 Å². The summed E-state index contributed by atoms with van der Waals surface area (Å²) in [7, 11) is 2.67. The summed E-state index contributed by atoms with van der Waals surface area (Å²) in [5, 5.41) is 8.59. The van der Waals surface area contributed by atoms with Gasteiger partial charge in [0.1, 0.15) is 0 Å². The van der Waals surface area contributed by atoms with Gasteiger partial charge >= 0.3 is 12.1 Å². The maximum Gasteiger partial charge on any atom is 0.416 e. The molecular formula is C23H22F3N3O5S. The summed E-state index contributed by atoms with van der Waals surface area (Å²) in [6.45, 7) is 1.22. The Morgan fingerprint density at radius 2 is 1.86 bits per heavy atom. The number of benzene rings is 2. The number of hydrogen-bond acceptors (Lipinski definition) is 6. The van der Waals surface area contributed by atoms with Crippen molar-refractivity contribution < 1.29 is 37.0 Å². The molecule has 1 aliphatic heterocycles. The van der Waals surface area contributed by atoms with Gasteiger partial charge in [0.15, 0.2) is 23.2 Å². The van der Waals surface area contributed by atoms with E-state index in [4.69, 9.17) is 26.4 Å². The van der Waals surface area contributed by atoms with Crippen LogP contribution in [0.15, 0.2) is 53.7 Å². The second kappa shape index (κ2) is 10.6. The molecule has 3 N–H and O–H groups in total. The van der Waals surface area contributed by atoms with Crippen LogP contribution in [-0.2, 0) is 20.5 Å². The Balaban J connectivity index is 1.74. The van der Waals surface area contributed by atoms with Gasteiger partial charge in [0.05, 0.1) is 31.4 Å². The van der Waals surface area contributed by atoms with Crippen LogP contribution in [0.2, 0.25) is 0 Å². The third kappa shape index (κ3) is 6.21. The average molecular weight is 510 g/mol. The van der Waals surface area contributed by atoms with Crippen LogP contribution < -0.4 is 25.4 Å². The van der Waals surface area contributed by atoms with Crippen LogP contribution in [0.1, 0.15) is 24.1 Å². The van der Waals surface area contributed by atoms with Gasteiger partial charge in [-0.2, -0.15) is 13.2 Å². The maximum absolute atomic E-state index is 12.9. The number of amides is 1. The number of methoxy groups -OCH3 is 2. The van der Waals surface area contributed by atoms with Gasteiger partial charge in [0, 0.05) is 11.4 Å². The fraction of sp³-hybridized carbons (Fsp3) is 0.261. The van der Waals surface area contributed by atoms with Crippen LogP contribution in [0.5, 0.6) is 11.5 Å². The van der Waals surface area contributed by atoms with Gasteiger partial charge in [0.2, 0.25) is 0 Å². The Kier molecular flexibility index (Phi) is 7.85. The van der Waals surface area contributed by atoms with Crippen LogP contribution in [-0.4, -0.2) is 37.8 Å². The SMILES string of the molecule is COC(=O)C1=C(C)NC(=S)N[C@H]1c1ccc(OCC(=O)Nc2cccc(C(F)(F)F)c2)c(OC)c1. The van der Waals surface area contributed by atoms with E-state index in [1.54, 1.807) is 25.1 Å². The molecule has 0 bridgehead atoms. The van der Waals surface area contributed by atoms with E-state index in [9.17, 15) is 22.8 Å². The van der Waals surface area contributed by atoms with Gasteiger partial charge in [-0.05, 0) is 55.0 Å². The van der Waals surface area contributed by atoms with Gasteiger partial charge in [-0.1, -0.05) is 12.1 Å². The van der Waals surface area contributed by atoms with Gasteiger partial charge in [-0.15, -0.1) is 0 Å². The monoisotopic (exact) mass is 509 g/mol. The number of nitrogens with one attached hydrogen (secondary N) is 3. The van der Waals surface area contributed by atoms with Crippen LogP contribution in [0, 0.1) is 0 Å². The molecule has 1 amide bonds. The number of hydrogen-bond donors (Lipinski definition) is 3. The van der Waals surface area contributed by atoms with Crippen molar-refractivity contribution in [1.29, 1.82) is 0 Å². The highest BCUT2D eigenvalue weighted by Gasteiger charge is 2.32. The number of carbonyl (C=O) groups is 2. The van der Waals surface area contributed by atoms with Crippen molar-refractivity contribution >= 4 is 34.9 Å². The largest absolute Gasteiger partial charge is 0.493 e. The Bertz CT molecular complexity index is 1180. The quantitative estimate of drug-likeness (QED) is 0.384. The van der Waals surface area contributed by atoms with E-state index in [1.165, 1.54) is 26.4 Å². The molecule has 186 valence electrons. The van der Waals surface area contributed by atoms with Crippen molar-refractivity contribution in [3.63, 3.8) is 0 Å². The number of allylic oxidation sites excluding steroid dienone is 1. The molecule has 8 nitrogen and oxygen atoms in total. The maximum atomic E-state index is 12.9. The van der Waals surface area contributed by atoms with E-state index < -0.39 is 36.3 Å². The third-order valence-corrected chi connectivity index (χ3v) is 5.25. The number of halogens is 3. The summed E-state index contributed by atoms with van der Waals surface area (Å²) < 4.78 is 54.4. The van der Waals surface area contributed by atoms with Gasteiger partial charge in [-0.25, -0.2) is 4.79 Å². The van der Waals surface area contributed by atoms with Gasteiger partial charge in [-0.3, -0.25) is 4.79 Å². The number of rotatable bonds is 7. The molecule has 0 radical (unpaired) electrons. The van der Waals surface area contributed by atoms with E-state index in [1.807, 2.05) is 0 Å². The van der Waals surface area contributed by atoms with E-state index in [0.717, 1.165) is 12.1 Å². The standard InChI is InChI=1S/C23H22F3N3O5S/c1-12-19(21(31)33-3)20(29-22(35)27-12)13-7-8-16(17(9-13)32-2)34-11-18(30)28-15-6-4-5-14(10-15)23(24,25)26/h4-10,20H,11H2,1-3H3,(H,28,30)(H2,27,29,35)/t20-/m0/s1. The molecule has 1 aliphatic rings. The number of esters is 1. The summed E-state index contributed by atoms with van der Waals surface area (Å²) in [5.41, 5.74) is 0.593. The van der Waals surface area contributed by atoms with E-state index in [-0.39, 0.29) is 17.2 Å². The fourth-order valence-electron chi connectivity index (χ4n) is 3.42. The molecule has 35 heavy (non-hydrogen) atoms. The van der Waals surface area contributed by atoms with Crippen molar-refractivity contribution in [1.82, 2.24) is 10.6 Å². The van der Waals surface area contributed by atoms with Crippen molar-refractivity contribution in [3.05, 3.63) is 64.9 Å². The van der Waals surface area contributed by atoms with Crippen LogP contribution in [0.4, 0.5) is 18.9 Å². The van der Waals surface area contributed by atoms with Gasteiger partial charge < -0.3 is 30.2 Å². The zero-order valence-electron chi connectivity index (χ0n) is 18.9. The number of thiocarbonyl (C=S) groups is 1. The molecule has 0 unspecified atom stereocenters. The molecule has 1 atom stereocenters. The highest BCUT2D eigenvalue weighted by Crippen LogP contribution is 2.35. The molecular weight excluding hydrogens is 487 g/mol. The Labute approximate surface area is 204 Å². The number of anilines is 1. The zero-order chi connectivity index (χ0) is 25.8. The molecule has 3 rings (SSSR count). The summed E-state index contributed by atoms with van der Waals surface area (Å²) >= 11 is 5.20. The minimum absolute atomic E-state index is 0.0128. The molecule has 2 aromatic rings. The number of ether oxygens (including phenoxy) is 3. The first-order chi connectivity index (χ1) is 16.5. The fourth-order valence-corrected chi connectivity index (χ4v) is 3.69. The molecule has 0 saturated carbocycles. The molecule has 1 heterocycles. The molecule has 0 aliphatic carbocycles. The summed E-state index contributed by atoms with van der Waals surface area (Å²) in [6, 6.07) is 8.47. The summed E-state index contributed by atoms with van der Waals surface area (Å²) in [5.74, 6) is -0.720. The smallest absolute Gasteiger partial charge is 0.416 e. The minimum atomic E-state index is -4.53. The second-order valence-electron chi connectivity index (χ2n) is 7.39. The zero-order valence-corrected chi connectivity index (χ0v) is 19.7. The first-order valence-electron chi connectivity index (χ1n) is 10.2. The predicted octanol–water partition coefficient (Wildman–Crippen LogP) is 3.70. The molecule has 12 heteroatoms. The average Bonchev–Trinajstić information content (AvgIpc) is 2.81. The van der Waals surface area contributed by atoms with Crippen molar-refractivity contribution in [3.8, 4) is 11.5 Å². The third-order valence-electron chi connectivity index (χ3n) is 5.03. The number of alkyl halides is 3. The Hall–Kier alpha value is -3.80. The second-order valence-corrected chi connectivity index (χ2v) is 7.80. The van der Waals surface area contributed by atoms with Crippen LogP contribution in [0.25, 0.3) is 0 Å². The van der Waals surface area contributed by atoms with E-state index in [0.29, 0.717) is 21.9 Å². The number of carbonyl (C=O) groups excluding carboxylic acids is 2. The molecule has 0 aromatic heterocycles. The minimum Gasteiger partial charge on any atom is -0.493 e. The lowest BCUT2D eigenvalue weighted by Gasteiger charge is -2.30. The van der Waals surface area contributed by atoms with Crippen LogP contribution >= 0.6 is 12.2 Å². The molecule has 0 fully saturated rings. The van der Waals surface area contributed by atoms with Crippen molar-refractivity contribution in [2.45, 2.75) is 19.1 Å². The lowest BCUT2D eigenvalue weighted by Crippen LogP contribution is -2.45. The summed E-state index contributed by atoms with van der Waals surface area (Å²) in [6.07, 6.45) is -4.53. The normalized spacial score (nSPS) is 15.6. The highest BCUT2D eigenvalue weighted by molar-refractivity contribution is 7.80.